The van der Waals surface area contributed by atoms with Crippen LogP contribution in [0.2, 0.25) is 0 Å². The van der Waals surface area contributed by atoms with Crippen LogP contribution in [0.4, 0.5) is 0 Å². The molecule has 2 N–H and O–H groups in total. The van der Waals surface area contributed by atoms with E-state index in [4.69, 9.17) is 5.73 Å². The van der Waals surface area contributed by atoms with E-state index in [1.54, 1.807) is 0 Å². The van der Waals surface area contributed by atoms with Crippen molar-refractivity contribution in [1.82, 2.24) is 0 Å². The molecule has 0 amide bonds. The van der Waals surface area contributed by atoms with Crippen molar-refractivity contribution in [3.8, 4) is 0 Å². The normalized spacial score (nSPS) is 12.9. The molecule has 1 aromatic carbocycles. The average molecular weight is 242 g/mol. The van der Waals surface area contributed by atoms with Crippen LogP contribution in [0.1, 0.15) is 18.1 Å². The lowest BCUT2D eigenvalue weighted by Gasteiger charge is -2.09. The van der Waals surface area contributed by atoms with Crippen molar-refractivity contribution in [1.29, 1.82) is 0 Å². The molecular weight excluding hydrogens is 226 g/mol. The molecule has 0 radical (unpaired) electrons. The summed E-state index contributed by atoms with van der Waals surface area (Å²) in [6.07, 6.45) is 1.07. The third-order valence-corrected chi connectivity index (χ3v) is 3.10. The van der Waals surface area contributed by atoms with E-state index < -0.39 is 0 Å². The van der Waals surface area contributed by atoms with Gasteiger partial charge in [-0.15, -0.1) is 0 Å². The lowest BCUT2D eigenvalue weighted by atomic mass is 10.0. The molecule has 2 heteroatoms. The lowest BCUT2D eigenvalue weighted by Crippen LogP contribution is -2.13. The van der Waals surface area contributed by atoms with Gasteiger partial charge >= 0.3 is 0 Å². The molecule has 0 saturated carbocycles. The molecule has 0 aliphatic rings. The Morgan fingerprint density at radius 2 is 2.15 bits per heavy atom. The van der Waals surface area contributed by atoms with Gasteiger partial charge in [-0.05, 0) is 43.0 Å². The Morgan fingerprint density at radius 3 is 2.69 bits per heavy atom. The van der Waals surface area contributed by atoms with E-state index in [1.165, 1.54) is 15.6 Å². The highest BCUT2D eigenvalue weighted by Gasteiger charge is 2.02. The fourth-order valence-electron chi connectivity index (χ4n) is 1.32. The second kappa shape index (κ2) is 4.77. The van der Waals surface area contributed by atoms with Crippen molar-refractivity contribution in [2.45, 2.75) is 20.3 Å². The van der Waals surface area contributed by atoms with E-state index in [0.29, 0.717) is 5.92 Å². The van der Waals surface area contributed by atoms with Crippen LogP contribution in [0.25, 0.3) is 0 Å². The predicted octanol–water partition coefficient (Wildman–Crippen LogP) is 2.89. The van der Waals surface area contributed by atoms with Gasteiger partial charge in [-0.3, -0.25) is 0 Å². The molecule has 1 aromatic rings. The molecule has 0 aliphatic carbocycles. The van der Waals surface area contributed by atoms with Crippen molar-refractivity contribution in [2.75, 3.05) is 6.54 Å². The fraction of sp³-hybridized carbons (Fsp3) is 0.455. The van der Waals surface area contributed by atoms with Gasteiger partial charge in [-0.25, -0.2) is 0 Å². The maximum Gasteiger partial charge on any atom is 0.0204 e. The smallest absolute Gasteiger partial charge is 0.0204 e. The first-order valence-electron chi connectivity index (χ1n) is 4.58. The van der Waals surface area contributed by atoms with Gasteiger partial charge in [-0.2, -0.15) is 0 Å². The molecule has 0 heterocycles. The number of hydrogen-bond acceptors (Lipinski definition) is 1. The van der Waals surface area contributed by atoms with Crippen molar-refractivity contribution < 1.29 is 0 Å². The Bertz CT molecular complexity index is 283. The van der Waals surface area contributed by atoms with Crippen LogP contribution in [0.15, 0.2) is 22.7 Å². The summed E-state index contributed by atoms with van der Waals surface area (Å²) in [5, 5.41) is 0. The molecule has 0 fully saturated rings. The van der Waals surface area contributed by atoms with Crippen LogP contribution >= 0.6 is 15.9 Å². The highest BCUT2D eigenvalue weighted by atomic mass is 79.9. The maximum atomic E-state index is 5.58. The molecule has 1 nitrogen and oxygen atoms in total. The summed E-state index contributed by atoms with van der Waals surface area (Å²) in [6.45, 7) is 5.05. The van der Waals surface area contributed by atoms with Gasteiger partial charge in [0, 0.05) is 4.47 Å². The van der Waals surface area contributed by atoms with Crippen LogP contribution in [0.3, 0.4) is 0 Å². The van der Waals surface area contributed by atoms with Gasteiger partial charge in [0.2, 0.25) is 0 Å². The van der Waals surface area contributed by atoms with E-state index in [2.05, 4.69) is 48.0 Å². The first-order chi connectivity index (χ1) is 6.13. The number of nitrogens with two attached hydrogens (primary N) is 1. The quantitative estimate of drug-likeness (QED) is 0.866. The topological polar surface area (TPSA) is 26.0 Å². The Balaban J connectivity index is 2.73. The third-order valence-electron chi connectivity index (χ3n) is 2.21. The Hall–Kier alpha value is -0.340. The van der Waals surface area contributed by atoms with Crippen LogP contribution in [-0.4, -0.2) is 6.54 Å². The molecule has 0 aromatic heterocycles. The zero-order chi connectivity index (χ0) is 9.84. The minimum absolute atomic E-state index is 0.570. The second-order valence-electron chi connectivity index (χ2n) is 3.63. The summed E-state index contributed by atoms with van der Waals surface area (Å²) in [7, 11) is 0. The van der Waals surface area contributed by atoms with Gasteiger partial charge < -0.3 is 5.73 Å². The minimum Gasteiger partial charge on any atom is -0.330 e. The van der Waals surface area contributed by atoms with Crippen LogP contribution in [0.5, 0.6) is 0 Å². The van der Waals surface area contributed by atoms with Gasteiger partial charge in [-0.1, -0.05) is 35.0 Å². The average Bonchev–Trinajstić information content (AvgIpc) is 2.11. The molecule has 0 aliphatic heterocycles. The summed E-state index contributed by atoms with van der Waals surface area (Å²) in [5.41, 5.74) is 8.25. The molecule has 0 spiro atoms. The molecule has 72 valence electrons. The SMILES string of the molecule is Cc1cc(CC(C)CN)ccc1Br. The molecular formula is C11H16BrN. The standard InChI is InChI=1S/C11H16BrN/c1-8(7-13)5-10-3-4-11(12)9(2)6-10/h3-4,6,8H,5,7,13H2,1-2H3. The van der Waals surface area contributed by atoms with Gasteiger partial charge in [0.25, 0.3) is 0 Å². The molecule has 1 unspecified atom stereocenters. The monoisotopic (exact) mass is 241 g/mol. The van der Waals surface area contributed by atoms with Crippen LogP contribution < -0.4 is 5.73 Å². The Morgan fingerprint density at radius 1 is 1.46 bits per heavy atom. The largest absolute Gasteiger partial charge is 0.330 e. The Kier molecular flexibility index (Phi) is 3.94. The minimum atomic E-state index is 0.570. The van der Waals surface area contributed by atoms with Crippen molar-refractivity contribution in [2.24, 2.45) is 11.7 Å². The molecule has 0 bridgehead atoms. The number of benzene rings is 1. The van der Waals surface area contributed by atoms with E-state index in [0.717, 1.165) is 13.0 Å². The number of halogens is 1. The highest BCUT2D eigenvalue weighted by Crippen LogP contribution is 2.18. The number of aryl methyl sites for hydroxylation is 1. The van der Waals surface area contributed by atoms with Crippen molar-refractivity contribution >= 4 is 15.9 Å². The number of rotatable bonds is 3. The third kappa shape index (κ3) is 3.12. The summed E-state index contributed by atoms with van der Waals surface area (Å²) in [6, 6.07) is 6.48. The zero-order valence-electron chi connectivity index (χ0n) is 8.18. The fourth-order valence-corrected chi connectivity index (χ4v) is 1.57. The van der Waals surface area contributed by atoms with E-state index >= 15 is 0 Å². The molecule has 1 rings (SSSR count). The van der Waals surface area contributed by atoms with E-state index in [-0.39, 0.29) is 0 Å². The summed E-state index contributed by atoms with van der Waals surface area (Å²) in [4.78, 5) is 0. The van der Waals surface area contributed by atoms with Crippen molar-refractivity contribution in [3.63, 3.8) is 0 Å². The van der Waals surface area contributed by atoms with Crippen LogP contribution in [-0.2, 0) is 6.42 Å². The lowest BCUT2D eigenvalue weighted by molar-refractivity contribution is 0.593. The van der Waals surface area contributed by atoms with Crippen LogP contribution in [0, 0.1) is 12.8 Å². The number of hydrogen-bond donors (Lipinski definition) is 1. The zero-order valence-corrected chi connectivity index (χ0v) is 9.76. The van der Waals surface area contributed by atoms with Gasteiger partial charge in [0.1, 0.15) is 0 Å². The highest BCUT2D eigenvalue weighted by molar-refractivity contribution is 9.10. The van der Waals surface area contributed by atoms with Gasteiger partial charge in [0.05, 0.1) is 0 Å². The second-order valence-corrected chi connectivity index (χ2v) is 4.48. The molecule has 1 atom stereocenters. The maximum absolute atomic E-state index is 5.58. The predicted molar refractivity (Wildman–Crippen MR) is 60.8 cm³/mol. The van der Waals surface area contributed by atoms with Crippen molar-refractivity contribution in [3.05, 3.63) is 33.8 Å². The van der Waals surface area contributed by atoms with E-state index in [9.17, 15) is 0 Å². The van der Waals surface area contributed by atoms with E-state index in [1.807, 2.05) is 0 Å². The first-order valence-corrected chi connectivity index (χ1v) is 5.38. The van der Waals surface area contributed by atoms with Gasteiger partial charge in [0.15, 0.2) is 0 Å². The molecule has 0 saturated heterocycles. The summed E-state index contributed by atoms with van der Waals surface area (Å²) in [5.74, 6) is 0.570. The first kappa shape index (κ1) is 10.7. The summed E-state index contributed by atoms with van der Waals surface area (Å²) < 4.78 is 1.18. The summed E-state index contributed by atoms with van der Waals surface area (Å²) >= 11 is 3.49. The Labute approximate surface area is 88.5 Å². The molecule has 13 heavy (non-hydrogen) atoms.